The zero-order valence-electron chi connectivity index (χ0n) is 53.6. The van der Waals surface area contributed by atoms with Gasteiger partial charge in [-0.3, -0.25) is 0 Å². The van der Waals surface area contributed by atoms with E-state index in [1.54, 1.807) is 0 Å². The Morgan fingerprint density at radius 3 is 1.10 bits per heavy atom. The molecule has 456 valence electrons. The van der Waals surface area contributed by atoms with Gasteiger partial charge in [-0.1, -0.05) is 270 Å². The molecule has 0 N–H and O–H groups in total. The number of hydrogen-bond donors (Lipinski definition) is 0. The normalized spacial score (nSPS) is 16.9. The van der Waals surface area contributed by atoms with Crippen molar-refractivity contribution < 1.29 is 9.13 Å². The van der Waals surface area contributed by atoms with Gasteiger partial charge in [0.25, 0.3) is 0 Å². The minimum Gasteiger partial charge on any atom is -0.309 e. The summed E-state index contributed by atoms with van der Waals surface area (Å²) in [6.07, 6.45) is 0. The molecule has 2 atom stereocenters. The highest BCUT2D eigenvalue weighted by Crippen LogP contribution is 2.57. The lowest BCUT2D eigenvalue weighted by molar-refractivity contribution is 0.592. The highest BCUT2D eigenvalue weighted by atomic mass is 31.2. The number of fused-ring (bicyclic) bond motifs is 18. The van der Waals surface area contributed by atoms with Crippen LogP contribution in [-0.2, 0) is 20.0 Å². The van der Waals surface area contributed by atoms with E-state index in [0.717, 1.165) is 109 Å². The molecule has 0 amide bonds. The SMILES string of the molecule is CC1(C)c2ccccc2-c2cc(-c3ccc(-n4c5ccccc5c5cc6c(cc54)-c4ccccc4P6(=O)c4ccccc4)cc3)ccc21.CC1(C)c2ccccc2-c2ccc(-c3ccc(-n4c5ccccc5c5cc6c(cc54)-c4ccccc4P6(=O)c4ccccc4)cc3)cc21. The largest absolute Gasteiger partial charge is 0.309 e. The van der Waals surface area contributed by atoms with Gasteiger partial charge in [-0.25, -0.2) is 0 Å². The van der Waals surface area contributed by atoms with E-state index >= 15 is 9.13 Å². The van der Waals surface area contributed by atoms with Gasteiger partial charge in [0.2, 0.25) is 0 Å². The maximum Gasteiger partial charge on any atom is 0.172 e. The lowest BCUT2D eigenvalue weighted by Crippen LogP contribution is -2.20. The van der Waals surface area contributed by atoms with Gasteiger partial charge < -0.3 is 18.3 Å². The lowest BCUT2D eigenvalue weighted by atomic mass is 9.81. The van der Waals surface area contributed by atoms with Crippen molar-refractivity contribution in [2.24, 2.45) is 0 Å². The summed E-state index contributed by atoms with van der Waals surface area (Å²) in [5, 5.41) is 10.1. The van der Waals surface area contributed by atoms with Crippen LogP contribution in [0.3, 0.4) is 0 Å². The Bertz CT molecular complexity index is 6070. The highest BCUT2D eigenvalue weighted by Gasteiger charge is 2.43. The van der Waals surface area contributed by atoms with Crippen LogP contribution in [0.1, 0.15) is 49.9 Å². The monoisotopic (exact) mass is 1270 g/mol. The lowest BCUT2D eigenvalue weighted by Gasteiger charge is -2.22. The summed E-state index contributed by atoms with van der Waals surface area (Å²) < 4.78 is 35.2. The third-order valence-electron chi connectivity index (χ3n) is 21.6. The number of hydrogen-bond acceptors (Lipinski definition) is 2. The smallest absolute Gasteiger partial charge is 0.172 e. The molecule has 4 nitrogen and oxygen atoms in total. The van der Waals surface area contributed by atoms with Crippen LogP contribution in [-0.4, -0.2) is 9.13 Å². The molecule has 96 heavy (non-hydrogen) atoms. The number of benzene rings is 14. The average Bonchev–Trinajstić information content (AvgIpc) is 1.55. The molecule has 0 spiro atoms. The predicted octanol–water partition coefficient (Wildman–Crippen LogP) is 20.8. The van der Waals surface area contributed by atoms with Gasteiger partial charge in [-0.2, -0.15) is 0 Å². The standard InChI is InChI=1S/2C45H32NOP/c1-45(2)39-17-9-6-14-33(39)34-25-22-30(26-40(34)45)29-20-23-31(24-21-29)46-41-18-10-7-15-35(41)37-28-44-38(27-42(37)46)36-16-8-11-19-43(36)48(44,47)32-12-4-3-5-13-32;1-45(2)39-17-9-6-14-33(39)36-26-30(22-25-40(36)45)29-20-23-31(24-21-29)46-41-18-10-7-15-34(41)37-28-44-38(27-42(37)46)35-16-8-11-19-43(35)48(44,47)32-12-4-3-5-13-32/h2*3-28H,1-2H3. The minimum absolute atomic E-state index is 0.000374. The van der Waals surface area contributed by atoms with Gasteiger partial charge in [0.05, 0.1) is 22.1 Å². The first-order chi connectivity index (χ1) is 46.9. The van der Waals surface area contributed by atoms with E-state index in [1.165, 1.54) is 66.8 Å². The van der Waals surface area contributed by atoms with E-state index in [2.05, 4.69) is 279 Å². The van der Waals surface area contributed by atoms with Gasteiger partial charge in [-0.15, -0.1) is 0 Å². The zero-order valence-corrected chi connectivity index (χ0v) is 55.4. The minimum atomic E-state index is -3.03. The molecule has 20 rings (SSSR count). The number of rotatable bonds is 6. The van der Waals surface area contributed by atoms with E-state index in [1.807, 2.05) is 72.8 Å². The third-order valence-corrected chi connectivity index (χ3v) is 27.9. The molecule has 0 fully saturated rings. The summed E-state index contributed by atoms with van der Waals surface area (Å²) in [4.78, 5) is 0. The number of aromatic nitrogens is 2. The Morgan fingerprint density at radius 2 is 0.604 bits per heavy atom. The van der Waals surface area contributed by atoms with Gasteiger partial charge in [-0.05, 0) is 162 Å². The van der Waals surface area contributed by atoms with Crippen molar-refractivity contribution in [1.82, 2.24) is 9.13 Å². The molecule has 2 aliphatic carbocycles. The van der Waals surface area contributed by atoms with Crippen LogP contribution in [0.5, 0.6) is 0 Å². The molecule has 4 heterocycles. The van der Waals surface area contributed by atoms with E-state index < -0.39 is 14.3 Å². The third kappa shape index (κ3) is 7.98. The number of nitrogens with zero attached hydrogens (tertiary/aromatic N) is 2. The first-order valence-electron chi connectivity index (χ1n) is 33.3. The van der Waals surface area contributed by atoms with Crippen molar-refractivity contribution in [3.05, 3.63) is 338 Å². The molecular weight excluding hydrogens is 1200 g/mol. The van der Waals surface area contributed by atoms with Crippen LogP contribution in [0.2, 0.25) is 0 Å². The van der Waals surface area contributed by atoms with Crippen molar-refractivity contribution in [3.63, 3.8) is 0 Å². The Hall–Kier alpha value is -10.9. The molecule has 14 aromatic carbocycles. The summed E-state index contributed by atoms with van der Waals surface area (Å²) in [6, 6.07) is 112. The number of para-hydroxylation sites is 2. The van der Waals surface area contributed by atoms with Crippen LogP contribution >= 0.6 is 14.3 Å². The van der Waals surface area contributed by atoms with E-state index in [4.69, 9.17) is 0 Å². The second-order valence-corrected chi connectivity index (χ2v) is 32.8. The van der Waals surface area contributed by atoms with E-state index in [9.17, 15) is 0 Å². The van der Waals surface area contributed by atoms with Gasteiger partial charge in [0, 0.05) is 75.6 Å². The van der Waals surface area contributed by atoms with E-state index in [-0.39, 0.29) is 10.8 Å². The van der Waals surface area contributed by atoms with Gasteiger partial charge in [0.1, 0.15) is 0 Å². The van der Waals surface area contributed by atoms with Gasteiger partial charge >= 0.3 is 0 Å². The molecular formula is C90H64N2O2P2. The van der Waals surface area contributed by atoms with Crippen LogP contribution in [0.15, 0.2) is 315 Å². The summed E-state index contributed by atoms with van der Waals surface area (Å²) >= 11 is 0. The maximum absolute atomic E-state index is 15.3. The molecule has 0 saturated heterocycles. The van der Waals surface area contributed by atoms with Gasteiger partial charge in [0.15, 0.2) is 14.3 Å². The second-order valence-electron chi connectivity index (χ2n) is 27.4. The van der Waals surface area contributed by atoms with Crippen molar-refractivity contribution >= 4 is 89.7 Å². The van der Waals surface area contributed by atoms with Crippen LogP contribution in [0.4, 0.5) is 0 Å². The molecule has 2 aliphatic heterocycles. The maximum atomic E-state index is 15.3. The van der Waals surface area contributed by atoms with Crippen LogP contribution in [0, 0.1) is 0 Å². The first-order valence-corrected chi connectivity index (χ1v) is 36.7. The zero-order chi connectivity index (χ0) is 64.4. The molecule has 0 saturated carbocycles. The van der Waals surface area contributed by atoms with Crippen molar-refractivity contribution in [3.8, 4) is 78.1 Å². The Kier molecular flexibility index (Phi) is 12.3. The molecule has 2 unspecified atom stereocenters. The first kappa shape index (κ1) is 56.7. The van der Waals surface area contributed by atoms with Crippen molar-refractivity contribution in [2.75, 3.05) is 0 Å². The Balaban J connectivity index is 0.000000135. The molecule has 0 radical (unpaired) electrons. The van der Waals surface area contributed by atoms with E-state index in [0.29, 0.717) is 0 Å². The highest BCUT2D eigenvalue weighted by molar-refractivity contribution is 7.87. The summed E-state index contributed by atoms with van der Waals surface area (Å²) in [5.41, 5.74) is 26.7. The molecule has 4 aliphatic rings. The van der Waals surface area contributed by atoms with Crippen molar-refractivity contribution in [1.29, 1.82) is 0 Å². The second kappa shape index (κ2) is 20.8. The summed E-state index contributed by atoms with van der Waals surface area (Å²) in [5.74, 6) is 0. The molecule has 16 aromatic rings. The van der Waals surface area contributed by atoms with Crippen LogP contribution < -0.4 is 31.8 Å². The average molecular weight is 1270 g/mol. The Morgan fingerprint density at radius 1 is 0.240 bits per heavy atom. The fraction of sp³-hybridized carbons (Fsp3) is 0.0667. The van der Waals surface area contributed by atoms with Crippen LogP contribution in [0.25, 0.3) is 122 Å². The fourth-order valence-electron chi connectivity index (χ4n) is 16.9. The predicted molar refractivity (Wildman–Crippen MR) is 404 cm³/mol. The topological polar surface area (TPSA) is 44.0 Å². The molecule has 2 aromatic heterocycles. The molecule has 0 bridgehead atoms. The van der Waals surface area contributed by atoms with Crippen molar-refractivity contribution in [2.45, 2.75) is 38.5 Å². The summed E-state index contributed by atoms with van der Waals surface area (Å²) in [7, 11) is -6.06. The fourth-order valence-corrected chi connectivity index (χ4v) is 23.1. The summed E-state index contributed by atoms with van der Waals surface area (Å²) in [6.45, 7) is 9.32. The Labute approximate surface area is 558 Å². The quantitative estimate of drug-likeness (QED) is 0.156. The molecule has 6 heteroatoms.